The van der Waals surface area contributed by atoms with Crippen LogP contribution in [-0.2, 0) is 4.79 Å². The first-order valence-corrected chi connectivity index (χ1v) is 7.80. The minimum atomic E-state index is -1.73. The third-order valence-corrected chi connectivity index (χ3v) is 5.36. The van der Waals surface area contributed by atoms with Crippen LogP contribution in [-0.4, -0.2) is 77.6 Å². The van der Waals surface area contributed by atoms with E-state index < -0.39 is 5.67 Å². The van der Waals surface area contributed by atoms with E-state index in [4.69, 9.17) is 0 Å². The van der Waals surface area contributed by atoms with Gasteiger partial charge in [-0.1, -0.05) is 0 Å². The molecule has 4 saturated heterocycles. The van der Waals surface area contributed by atoms with Gasteiger partial charge in [0.25, 0.3) is 5.91 Å². The van der Waals surface area contributed by atoms with Crippen LogP contribution in [0.3, 0.4) is 0 Å². The van der Waals surface area contributed by atoms with E-state index in [1.807, 2.05) is 0 Å². The molecule has 20 heavy (non-hydrogen) atoms. The van der Waals surface area contributed by atoms with Crippen LogP contribution in [0, 0.1) is 0 Å². The average Bonchev–Trinajstić information content (AvgIpc) is 2.45. The maximum Gasteiger partial charge on any atom is 0.259 e. The lowest BCUT2D eigenvalue weighted by atomic mass is 9.86. The van der Waals surface area contributed by atoms with E-state index in [2.05, 4.69) is 16.8 Å². The van der Waals surface area contributed by atoms with Crippen molar-refractivity contribution in [2.24, 2.45) is 0 Å². The summed E-state index contributed by atoms with van der Waals surface area (Å²) in [5, 5.41) is 0. The summed E-state index contributed by atoms with van der Waals surface area (Å²) in [7, 11) is 2.22. The minimum absolute atomic E-state index is 0.350. The van der Waals surface area contributed by atoms with E-state index in [1.54, 1.807) is 4.90 Å². The van der Waals surface area contributed by atoms with Gasteiger partial charge in [-0.25, -0.2) is 4.39 Å². The van der Waals surface area contributed by atoms with Crippen LogP contribution >= 0.6 is 0 Å². The van der Waals surface area contributed by atoms with Crippen molar-refractivity contribution in [3.05, 3.63) is 0 Å². The van der Waals surface area contributed by atoms with Crippen LogP contribution in [0.15, 0.2) is 0 Å². The van der Waals surface area contributed by atoms with E-state index in [-0.39, 0.29) is 5.91 Å². The Labute approximate surface area is 120 Å². The zero-order chi connectivity index (χ0) is 14.5. The number of rotatable bonds is 2. The molecule has 1 amide bonds. The van der Waals surface area contributed by atoms with Crippen LogP contribution in [0.5, 0.6) is 0 Å². The minimum Gasteiger partial charge on any atom is -0.340 e. The van der Waals surface area contributed by atoms with Crippen LogP contribution in [0.4, 0.5) is 4.39 Å². The van der Waals surface area contributed by atoms with Gasteiger partial charge < -0.3 is 4.90 Å². The number of alkyl halides is 1. The number of hydrogen-bond acceptors (Lipinski definition) is 3. The van der Waals surface area contributed by atoms with Gasteiger partial charge in [-0.3, -0.25) is 14.6 Å². The first kappa shape index (κ1) is 14.3. The molecule has 114 valence electrons. The van der Waals surface area contributed by atoms with Gasteiger partial charge in [0.15, 0.2) is 5.67 Å². The molecule has 4 fully saturated rings. The van der Waals surface area contributed by atoms with Crippen molar-refractivity contribution >= 4 is 5.91 Å². The lowest BCUT2D eigenvalue weighted by molar-refractivity contribution is -0.144. The Hall–Kier alpha value is -0.680. The SMILES string of the molecule is CN1[C@@H]2C[C@H]1CN(C1CCN(C(=O)C(C)(C)F)CC1)C2. The number of carbonyl (C=O) groups excluding carboxylic acids is 1. The van der Waals surface area contributed by atoms with Gasteiger partial charge in [0, 0.05) is 44.3 Å². The van der Waals surface area contributed by atoms with E-state index in [1.165, 1.54) is 33.4 Å². The summed E-state index contributed by atoms with van der Waals surface area (Å²) in [4.78, 5) is 18.7. The van der Waals surface area contributed by atoms with Gasteiger partial charge in [-0.15, -0.1) is 0 Å². The molecule has 2 bridgehead atoms. The third-order valence-electron chi connectivity index (χ3n) is 5.36. The molecular weight excluding hydrogens is 257 g/mol. The number of piperazine rings is 1. The average molecular weight is 283 g/mol. The number of carbonyl (C=O) groups is 1. The third kappa shape index (κ3) is 2.46. The first-order chi connectivity index (χ1) is 9.36. The standard InChI is InChI=1S/C15H26FN3O/c1-15(2,16)14(20)18-6-4-11(5-7-18)19-9-12-8-13(10-19)17(12)3/h11-13H,4-10H2,1-3H3/t12-,13+. The Bertz CT molecular complexity index is 375. The van der Waals surface area contributed by atoms with Crippen molar-refractivity contribution in [3.63, 3.8) is 0 Å². The zero-order valence-corrected chi connectivity index (χ0v) is 12.8. The van der Waals surface area contributed by atoms with Crippen LogP contribution in [0.25, 0.3) is 0 Å². The summed E-state index contributed by atoms with van der Waals surface area (Å²) in [6, 6.07) is 2.05. The van der Waals surface area contributed by atoms with E-state index in [9.17, 15) is 9.18 Å². The molecule has 4 heterocycles. The van der Waals surface area contributed by atoms with Gasteiger partial charge in [-0.05, 0) is 40.2 Å². The molecule has 0 aromatic rings. The molecule has 0 saturated carbocycles. The molecule has 4 aliphatic heterocycles. The molecular formula is C15H26FN3O. The highest BCUT2D eigenvalue weighted by Crippen LogP contribution is 2.33. The molecule has 5 heteroatoms. The topological polar surface area (TPSA) is 26.8 Å². The van der Waals surface area contributed by atoms with Crippen molar-refractivity contribution in [1.29, 1.82) is 0 Å². The highest BCUT2D eigenvalue weighted by atomic mass is 19.1. The Balaban J connectivity index is 1.51. The second-order valence-electron chi connectivity index (χ2n) is 7.16. The quantitative estimate of drug-likeness (QED) is 0.760. The normalized spacial score (nSPS) is 33.1. The summed E-state index contributed by atoms with van der Waals surface area (Å²) in [6.07, 6.45) is 3.33. The number of likely N-dealkylation sites (tertiary alicyclic amines) is 1. The monoisotopic (exact) mass is 283 g/mol. The highest BCUT2D eigenvalue weighted by Gasteiger charge is 2.44. The summed E-state index contributed by atoms with van der Waals surface area (Å²) >= 11 is 0. The first-order valence-electron chi connectivity index (χ1n) is 7.80. The van der Waals surface area contributed by atoms with Crippen LogP contribution in [0.1, 0.15) is 33.1 Å². The number of piperidine rings is 2. The van der Waals surface area contributed by atoms with E-state index in [0.29, 0.717) is 19.1 Å². The lowest BCUT2D eigenvalue weighted by Crippen LogP contribution is -2.69. The Morgan fingerprint density at radius 1 is 1.10 bits per heavy atom. The summed E-state index contributed by atoms with van der Waals surface area (Å²) < 4.78 is 13.7. The smallest absolute Gasteiger partial charge is 0.259 e. The number of nitrogens with zero attached hydrogens (tertiary/aromatic N) is 3. The summed E-state index contributed by atoms with van der Waals surface area (Å²) in [6.45, 7) is 6.46. The summed E-state index contributed by atoms with van der Waals surface area (Å²) in [5.74, 6) is -0.350. The van der Waals surface area contributed by atoms with Crippen molar-refractivity contribution in [2.45, 2.75) is 56.9 Å². The number of halogens is 1. The fraction of sp³-hybridized carbons (Fsp3) is 0.933. The maximum absolute atomic E-state index is 13.7. The van der Waals surface area contributed by atoms with Gasteiger partial charge in [0.2, 0.25) is 0 Å². The second kappa shape index (κ2) is 4.95. The number of hydrogen-bond donors (Lipinski definition) is 0. The zero-order valence-electron chi connectivity index (χ0n) is 12.8. The van der Waals surface area contributed by atoms with Crippen molar-refractivity contribution in [1.82, 2.24) is 14.7 Å². The van der Waals surface area contributed by atoms with Crippen molar-refractivity contribution in [3.8, 4) is 0 Å². The predicted molar refractivity (Wildman–Crippen MR) is 76.3 cm³/mol. The van der Waals surface area contributed by atoms with Crippen LogP contribution in [0.2, 0.25) is 0 Å². The van der Waals surface area contributed by atoms with Crippen molar-refractivity contribution < 1.29 is 9.18 Å². The van der Waals surface area contributed by atoms with Gasteiger partial charge >= 0.3 is 0 Å². The number of likely N-dealkylation sites (N-methyl/N-ethyl adjacent to an activating group) is 1. The molecule has 0 aliphatic carbocycles. The fourth-order valence-corrected chi connectivity index (χ4v) is 3.94. The predicted octanol–water partition coefficient (Wildman–Crippen LogP) is 1.11. The highest BCUT2D eigenvalue weighted by molar-refractivity contribution is 5.84. The number of fused-ring (bicyclic) bond motifs is 2. The van der Waals surface area contributed by atoms with Gasteiger partial charge in [-0.2, -0.15) is 0 Å². The van der Waals surface area contributed by atoms with E-state index in [0.717, 1.165) is 24.9 Å². The second-order valence-corrected chi connectivity index (χ2v) is 7.16. The molecule has 0 radical (unpaired) electrons. The molecule has 0 aromatic carbocycles. The number of amides is 1. The van der Waals surface area contributed by atoms with Gasteiger partial charge in [0.1, 0.15) is 0 Å². The Kier molecular flexibility index (Phi) is 3.53. The molecule has 0 spiro atoms. The molecule has 4 aliphatic rings. The van der Waals surface area contributed by atoms with Gasteiger partial charge in [0.05, 0.1) is 0 Å². The largest absolute Gasteiger partial charge is 0.340 e. The molecule has 2 atom stereocenters. The fourth-order valence-electron chi connectivity index (χ4n) is 3.94. The Morgan fingerprint density at radius 3 is 2.10 bits per heavy atom. The molecule has 4 nitrogen and oxygen atoms in total. The van der Waals surface area contributed by atoms with E-state index >= 15 is 0 Å². The molecule has 0 unspecified atom stereocenters. The molecule has 4 rings (SSSR count). The summed E-state index contributed by atoms with van der Waals surface area (Å²) in [5.41, 5.74) is -1.73. The molecule has 0 aromatic heterocycles. The maximum atomic E-state index is 13.7. The molecule has 0 N–H and O–H groups in total. The lowest BCUT2D eigenvalue weighted by Gasteiger charge is -2.57. The van der Waals surface area contributed by atoms with Crippen LogP contribution < -0.4 is 0 Å². The Morgan fingerprint density at radius 2 is 1.65 bits per heavy atom. The van der Waals surface area contributed by atoms with Crippen molar-refractivity contribution in [2.75, 3.05) is 33.2 Å².